The number of hydrogen-bond acceptors (Lipinski definition) is 4. The van der Waals surface area contributed by atoms with Gasteiger partial charge in [-0.25, -0.2) is 0 Å². The summed E-state index contributed by atoms with van der Waals surface area (Å²) in [5.74, 6) is -1.13. The number of carboxylic acid groups (broad SMARTS) is 1. The summed E-state index contributed by atoms with van der Waals surface area (Å²) >= 11 is 3.61. The summed E-state index contributed by atoms with van der Waals surface area (Å²) in [5.41, 5.74) is 4.88. The molecule has 0 heterocycles. The van der Waals surface area contributed by atoms with Crippen molar-refractivity contribution in [3.05, 3.63) is 0 Å². The Kier molecular flexibility index (Phi) is 10.3. The average molecular weight is 206 g/mol. The molecule has 0 aromatic heterocycles. The van der Waals surface area contributed by atoms with E-state index in [1.165, 1.54) is 0 Å². The number of carbonyl (C=O) groups is 1. The zero-order valence-electron chi connectivity index (χ0n) is 4.63. The first kappa shape index (κ1) is 12.3. The number of carbonyl (C=O) groups excluding carboxylic acids is 1. The van der Waals surface area contributed by atoms with Crippen LogP contribution in [0.1, 0.15) is 0 Å². The Hall–Kier alpha value is 1.59. The van der Waals surface area contributed by atoms with Crippen molar-refractivity contribution in [2.45, 2.75) is 6.04 Å². The molecule has 0 aliphatic rings. The minimum Gasteiger partial charge on any atom is -0.548 e. The number of carboxylic acids is 1. The first-order valence-corrected chi connectivity index (χ1v) is 2.39. The van der Waals surface area contributed by atoms with Crippen LogP contribution in [0.3, 0.4) is 0 Å². The molecule has 0 bridgehead atoms. The maximum atomic E-state index is 9.65. The molecular weight excluding hydrogens is 200 g/mol. The van der Waals surface area contributed by atoms with Crippen LogP contribution >= 0.6 is 12.6 Å². The summed E-state index contributed by atoms with van der Waals surface area (Å²) in [6.07, 6.45) is 0. The van der Waals surface area contributed by atoms with Crippen molar-refractivity contribution in [1.29, 1.82) is 0 Å². The second-order valence-electron chi connectivity index (χ2n) is 1.11. The molecular formula is C3H6NO2RbS. The van der Waals surface area contributed by atoms with E-state index in [0.29, 0.717) is 0 Å². The first-order chi connectivity index (χ1) is 3.18. The molecule has 1 atom stereocenters. The van der Waals surface area contributed by atoms with Gasteiger partial charge in [0, 0.05) is 5.75 Å². The summed E-state index contributed by atoms with van der Waals surface area (Å²) in [4.78, 5) is 9.65. The summed E-state index contributed by atoms with van der Waals surface area (Å²) in [6.45, 7) is 0. The van der Waals surface area contributed by atoms with Crippen LogP contribution in [0.25, 0.3) is 0 Å². The normalized spacial score (nSPS) is 11.8. The summed E-state index contributed by atoms with van der Waals surface area (Å²) in [6, 6.07) is -0.927. The second-order valence-corrected chi connectivity index (χ2v) is 1.47. The standard InChI is InChI=1S/C3H7NO2S.Rb/c4-2(1-7)3(5)6;/h2,7H,1,4H2,(H,5,6);/q;+1/p-1. The predicted molar refractivity (Wildman–Crippen MR) is 26.8 cm³/mol. The zero-order chi connectivity index (χ0) is 5.86. The van der Waals surface area contributed by atoms with Gasteiger partial charge in [0.1, 0.15) is 0 Å². The van der Waals surface area contributed by atoms with Gasteiger partial charge in [-0.05, 0) is 0 Å². The molecule has 0 spiro atoms. The molecule has 0 aromatic rings. The molecule has 0 fully saturated rings. The molecule has 1 unspecified atom stereocenters. The molecule has 5 heteroatoms. The van der Waals surface area contributed by atoms with Crippen molar-refractivity contribution in [3.8, 4) is 0 Å². The summed E-state index contributed by atoms with van der Waals surface area (Å²) < 4.78 is 0. The third-order valence-electron chi connectivity index (χ3n) is 0.499. The number of rotatable bonds is 2. The van der Waals surface area contributed by atoms with Gasteiger partial charge in [-0.3, -0.25) is 0 Å². The molecule has 0 aromatic carbocycles. The van der Waals surface area contributed by atoms with Crippen LogP contribution in [0.2, 0.25) is 0 Å². The van der Waals surface area contributed by atoms with Crippen molar-refractivity contribution in [1.82, 2.24) is 0 Å². The Balaban J connectivity index is 0. The van der Waals surface area contributed by atoms with Gasteiger partial charge in [0.05, 0.1) is 12.0 Å². The third-order valence-corrected chi connectivity index (χ3v) is 0.893. The van der Waals surface area contributed by atoms with Gasteiger partial charge >= 0.3 is 58.2 Å². The van der Waals surface area contributed by atoms with E-state index in [1.807, 2.05) is 0 Å². The molecule has 0 rings (SSSR count). The van der Waals surface area contributed by atoms with E-state index in [2.05, 4.69) is 12.6 Å². The van der Waals surface area contributed by atoms with Gasteiger partial charge in [0.15, 0.2) is 0 Å². The quantitative estimate of drug-likeness (QED) is 0.444. The van der Waals surface area contributed by atoms with Crippen LogP contribution in [0.4, 0.5) is 0 Å². The molecule has 0 radical (unpaired) electrons. The fourth-order valence-electron chi connectivity index (χ4n) is 0.0745. The van der Waals surface area contributed by atoms with E-state index >= 15 is 0 Å². The Labute approximate surface area is 102 Å². The predicted octanol–water partition coefficient (Wildman–Crippen LogP) is -5.00. The SMILES string of the molecule is NC(CS)C(=O)[O-].[Rb+]. The minimum absolute atomic E-state index is 0. The number of hydrogen-bond donors (Lipinski definition) is 2. The van der Waals surface area contributed by atoms with Crippen LogP contribution in [-0.2, 0) is 4.79 Å². The van der Waals surface area contributed by atoms with Crippen LogP contribution in [0.15, 0.2) is 0 Å². The Morgan fingerprint density at radius 3 is 2.25 bits per heavy atom. The number of aliphatic carboxylic acids is 1. The van der Waals surface area contributed by atoms with Gasteiger partial charge in [0.25, 0.3) is 0 Å². The molecule has 0 saturated carbocycles. The second kappa shape index (κ2) is 6.70. The van der Waals surface area contributed by atoms with Crippen LogP contribution in [-0.4, -0.2) is 17.8 Å². The zero-order valence-corrected chi connectivity index (χ0v) is 10.4. The van der Waals surface area contributed by atoms with Gasteiger partial charge in [-0.15, -0.1) is 0 Å². The van der Waals surface area contributed by atoms with E-state index in [0.717, 1.165) is 0 Å². The molecule has 42 valence electrons. The molecule has 2 N–H and O–H groups in total. The third kappa shape index (κ3) is 5.72. The van der Waals surface area contributed by atoms with Gasteiger partial charge < -0.3 is 15.6 Å². The van der Waals surface area contributed by atoms with E-state index in [4.69, 9.17) is 5.73 Å². The molecule has 0 amide bonds. The van der Waals surface area contributed by atoms with Gasteiger partial charge in [0.2, 0.25) is 0 Å². The summed E-state index contributed by atoms with van der Waals surface area (Å²) in [7, 11) is 0. The molecule has 0 saturated heterocycles. The average Bonchev–Trinajstić information content (AvgIpc) is 1.65. The number of thiol groups is 1. The van der Waals surface area contributed by atoms with Gasteiger partial charge in [-0.2, -0.15) is 12.6 Å². The van der Waals surface area contributed by atoms with Crippen LogP contribution < -0.4 is 69.0 Å². The van der Waals surface area contributed by atoms with Crippen molar-refractivity contribution in [3.63, 3.8) is 0 Å². The smallest absolute Gasteiger partial charge is 0.548 e. The van der Waals surface area contributed by atoms with E-state index < -0.39 is 12.0 Å². The first-order valence-electron chi connectivity index (χ1n) is 1.75. The van der Waals surface area contributed by atoms with Crippen molar-refractivity contribution >= 4 is 18.6 Å². The number of nitrogens with two attached hydrogens (primary N) is 1. The van der Waals surface area contributed by atoms with E-state index in [1.54, 1.807) is 0 Å². The maximum absolute atomic E-state index is 9.65. The Morgan fingerprint density at radius 1 is 1.88 bits per heavy atom. The molecule has 8 heavy (non-hydrogen) atoms. The van der Waals surface area contributed by atoms with Gasteiger partial charge in [-0.1, -0.05) is 0 Å². The minimum atomic E-state index is -1.25. The largest absolute Gasteiger partial charge is 1.00 e. The fourth-order valence-corrected chi connectivity index (χ4v) is 0.224. The maximum Gasteiger partial charge on any atom is 1.00 e. The molecule has 0 aliphatic carbocycles. The van der Waals surface area contributed by atoms with Crippen LogP contribution in [0.5, 0.6) is 0 Å². The topological polar surface area (TPSA) is 66.2 Å². The summed E-state index contributed by atoms with van der Waals surface area (Å²) in [5, 5.41) is 9.65. The van der Waals surface area contributed by atoms with E-state index in [-0.39, 0.29) is 63.9 Å². The van der Waals surface area contributed by atoms with E-state index in [9.17, 15) is 9.90 Å². The fraction of sp³-hybridized carbons (Fsp3) is 0.667. The Bertz CT molecular complexity index is 79.7. The van der Waals surface area contributed by atoms with Crippen molar-refractivity contribution in [2.75, 3.05) is 5.75 Å². The Morgan fingerprint density at radius 2 is 2.25 bits per heavy atom. The molecule has 3 nitrogen and oxygen atoms in total. The molecule has 0 aliphatic heterocycles. The monoisotopic (exact) mass is 205 g/mol. The van der Waals surface area contributed by atoms with Crippen molar-refractivity contribution < 1.29 is 68.1 Å². The van der Waals surface area contributed by atoms with Crippen molar-refractivity contribution in [2.24, 2.45) is 5.73 Å². The van der Waals surface area contributed by atoms with Crippen LogP contribution in [0, 0.1) is 0 Å².